The van der Waals surface area contributed by atoms with Crippen LogP contribution in [0.4, 0.5) is 5.82 Å². The fourth-order valence-electron chi connectivity index (χ4n) is 2.00. The van der Waals surface area contributed by atoms with Crippen LogP contribution in [-0.4, -0.2) is 26.9 Å². The van der Waals surface area contributed by atoms with E-state index in [0.717, 1.165) is 29.2 Å². The number of carbonyl (C=O) groups is 1. The molecule has 0 aromatic carbocycles. The number of nitrogens with zero attached hydrogens (tertiary/aromatic N) is 2. The van der Waals surface area contributed by atoms with Gasteiger partial charge < -0.3 is 19.9 Å². The number of fused-ring (bicyclic) bond motifs is 1. The van der Waals surface area contributed by atoms with Crippen molar-refractivity contribution in [1.29, 1.82) is 5.26 Å². The Labute approximate surface area is 143 Å². The fraction of sp³-hybridized carbons (Fsp3) is 0.143. The molecule has 0 aliphatic carbocycles. The molecule has 24 heavy (non-hydrogen) atoms. The molecule has 3 heterocycles. The molecule has 1 amide bonds. The van der Waals surface area contributed by atoms with Crippen molar-refractivity contribution in [3.8, 4) is 11.8 Å². The van der Waals surface area contributed by atoms with Gasteiger partial charge in [0.1, 0.15) is 23.1 Å². The highest BCUT2D eigenvalue weighted by atomic mass is 32.2. The summed E-state index contributed by atoms with van der Waals surface area (Å²) in [6, 6.07) is 4.64. The highest BCUT2D eigenvalue weighted by Gasteiger charge is 2.18. The second-order valence-electron chi connectivity index (χ2n) is 4.76. The zero-order valence-electron chi connectivity index (χ0n) is 12.2. The monoisotopic (exact) mass is 362 g/mol. The van der Waals surface area contributed by atoms with E-state index < -0.39 is 5.56 Å². The van der Waals surface area contributed by atoms with Gasteiger partial charge in [-0.25, -0.2) is 0 Å². The summed E-state index contributed by atoms with van der Waals surface area (Å²) < 4.78 is 5.80. The number of hydrogen-bond donors (Lipinski definition) is 3. The summed E-state index contributed by atoms with van der Waals surface area (Å²) >= 11 is 2.28. The molecule has 0 bridgehead atoms. The number of nitrogens with one attached hydrogen (secondary N) is 2. The predicted molar refractivity (Wildman–Crippen MR) is 89.4 cm³/mol. The first-order chi connectivity index (χ1) is 11.5. The Morgan fingerprint density at radius 3 is 3.04 bits per heavy atom. The van der Waals surface area contributed by atoms with Crippen LogP contribution >= 0.6 is 23.1 Å². The second kappa shape index (κ2) is 6.38. The number of carbonyl (C=O) groups excluding carboxylic acids is 1. The molecule has 0 unspecified atom stereocenters. The number of amides is 1. The molecule has 0 spiro atoms. The molecule has 0 aliphatic heterocycles. The Bertz CT molecular complexity index is 1030. The lowest BCUT2D eigenvalue weighted by Crippen LogP contribution is -2.14. The first-order valence-electron chi connectivity index (χ1n) is 6.63. The van der Waals surface area contributed by atoms with Crippen LogP contribution in [0.2, 0.25) is 0 Å². The predicted octanol–water partition coefficient (Wildman–Crippen LogP) is 2.19. The van der Waals surface area contributed by atoms with Crippen LogP contribution in [0, 0.1) is 18.3 Å². The molecule has 3 aromatic rings. The van der Waals surface area contributed by atoms with Gasteiger partial charge in [-0.05, 0) is 6.92 Å². The van der Waals surface area contributed by atoms with E-state index in [2.05, 4.69) is 15.5 Å². The lowest BCUT2D eigenvalue weighted by molar-refractivity contribution is -0.113. The number of nitriles is 1. The van der Waals surface area contributed by atoms with Gasteiger partial charge in [-0.2, -0.15) is 5.26 Å². The first kappa shape index (κ1) is 16.1. The average Bonchev–Trinajstić information content (AvgIpc) is 3.08. The molecule has 0 aliphatic rings. The van der Waals surface area contributed by atoms with Crippen LogP contribution in [0.25, 0.3) is 10.2 Å². The van der Waals surface area contributed by atoms with E-state index in [4.69, 9.17) is 4.52 Å². The van der Waals surface area contributed by atoms with Gasteiger partial charge in [0.15, 0.2) is 5.82 Å². The summed E-state index contributed by atoms with van der Waals surface area (Å²) in [5, 5.41) is 25.4. The highest BCUT2D eigenvalue weighted by Crippen LogP contribution is 2.39. The van der Waals surface area contributed by atoms with E-state index in [1.165, 1.54) is 0 Å². The molecule has 10 heteroatoms. The van der Waals surface area contributed by atoms with Gasteiger partial charge in [0.05, 0.1) is 20.2 Å². The number of aryl methyl sites for hydroxylation is 1. The summed E-state index contributed by atoms with van der Waals surface area (Å²) in [5.41, 5.74) is 0.0191. The Hall–Kier alpha value is -2.77. The van der Waals surface area contributed by atoms with Crippen molar-refractivity contribution < 1.29 is 14.4 Å². The van der Waals surface area contributed by atoms with Gasteiger partial charge in [-0.3, -0.25) is 9.59 Å². The third-order valence-corrected chi connectivity index (χ3v) is 5.45. The smallest absolute Gasteiger partial charge is 0.252 e. The molecule has 0 saturated heterocycles. The van der Waals surface area contributed by atoms with Crippen molar-refractivity contribution in [2.45, 2.75) is 11.1 Å². The van der Waals surface area contributed by atoms with Crippen molar-refractivity contribution in [2.75, 3.05) is 11.1 Å². The molecule has 0 saturated carbocycles. The van der Waals surface area contributed by atoms with E-state index in [-0.39, 0.29) is 28.5 Å². The number of thiophene rings is 1. The van der Waals surface area contributed by atoms with Crippen molar-refractivity contribution in [2.24, 2.45) is 0 Å². The van der Waals surface area contributed by atoms with Crippen LogP contribution in [0.3, 0.4) is 0 Å². The quantitative estimate of drug-likeness (QED) is 0.606. The SMILES string of the molecule is Cc1cc(NC(=O)CSc2sc3c(O)cc(=O)[nH]c3c2C#N)no1. The zero-order valence-corrected chi connectivity index (χ0v) is 13.9. The maximum absolute atomic E-state index is 11.9. The van der Waals surface area contributed by atoms with E-state index in [9.17, 15) is 20.0 Å². The van der Waals surface area contributed by atoms with E-state index in [1.807, 2.05) is 6.07 Å². The second-order valence-corrected chi connectivity index (χ2v) is 7.02. The maximum Gasteiger partial charge on any atom is 0.252 e. The van der Waals surface area contributed by atoms with Crippen LogP contribution < -0.4 is 10.9 Å². The number of thioether (sulfide) groups is 1. The van der Waals surface area contributed by atoms with Crippen molar-refractivity contribution >= 4 is 45.0 Å². The summed E-state index contributed by atoms with van der Waals surface area (Å²) in [4.78, 5) is 25.9. The minimum Gasteiger partial charge on any atom is -0.506 e. The molecule has 3 rings (SSSR count). The largest absolute Gasteiger partial charge is 0.506 e. The molecule has 0 radical (unpaired) electrons. The number of hydrogen-bond acceptors (Lipinski definition) is 8. The maximum atomic E-state index is 11.9. The van der Waals surface area contributed by atoms with Crippen LogP contribution in [0.1, 0.15) is 11.3 Å². The van der Waals surface area contributed by atoms with E-state index in [0.29, 0.717) is 20.5 Å². The average molecular weight is 362 g/mol. The summed E-state index contributed by atoms with van der Waals surface area (Å²) in [5.74, 6) is 0.431. The number of aromatic amines is 1. The molecule has 0 atom stereocenters. The minimum atomic E-state index is -0.495. The summed E-state index contributed by atoms with van der Waals surface area (Å²) in [6.07, 6.45) is 0. The lowest BCUT2D eigenvalue weighted by Gasteiger charge is -2.00. The third-order valence-electron chi connectivity index (χ3n) is 2.97. The Morgan fingerprint density at radius 2 is 2.38 bits per heavy atom. The van der Waals surface area contributed by atoms with Crippen LogP contribution in [-0.2, 0) is 4.79 Å². The van der Waals surface area contributed by atoms with Crippen molar-refractivity contribution in [1.82, 2.24) is 10.1 Å². The zero-order chi connectivity index (χ0) is 17.3. The van der Waals surface area contributed by atoms with Gasteiger partial charge in [0.2, 0.25) is 5.91 Å². The molecule has 122 valence electrons. The molecule has 3 aromatic heterocycles. The number of anilines is 1. The minimum absolute atomic E-state index is 0.0401. The topological polar surface area (TPSA) is 132 Å². The lowest BCUT2D eigenvalue weighted by atomic mass is 10.3. The van der Waals surface area contributed by atoms with Gasteiger partial charge in [-0.15, -0.1) is 23.1 Å². The fourth-order valence-corrected chi connectivity index (χ4v) is 4.14. The molecular formula is C14H10N4O4S2. The molecule has 3 N–H and O–H groups in total. The van der Waals surface area contributed by atoms with Crippen LogP contribution in [0.5, 0.6) is 5.75 Å². The molecular weight excluding hydrogens is 352 g/mol. The standard InChI is InChI=1S/C14H10N4O4S2/c1-6-2-9(18-22-6)16-11(21)5-23-14-7(4-15)12-13(24-14)8(19)3-10(20)17-12/h2-3H,5H2,1H3,(H,16,18,21)(H2,17,19,20). The van der Waals surface area contributed by atoms with Crippen molar-refractivity contribution in [3.05, 3.63) is 33.8 Å². The normalized spacial score (nSPS) is 10.7. The van der Waals surface area contributed by atoms with E-state index >= 15 is 0 Å². The highest BCUT2D eigenvalue weighted by molar-refractivity contribution is 8.02. The van der Waals surface area contributed by atoms with Gasteiger partial charge in [0.25, 0.3) is 5.56 Å². The number of rotatable bonds is 4. The van der Waals surface area contributed by atoms with Crippen molar-refractivity contribution in [3.63, 3.8) is 0 Å². The first-order valence-corrected chi connectivity index (χ1v) is 8.43. The Morgan fingerprint density at radius 1 is 1.58 bits per heavy atom. The van der Waals surface area contributed by atoms with Gasteiger partial charge >= 0.3 is 0 Å². The number of aromatic nitrogens is 2. The Kier molecular flexibility index (Phi) is 4.28. The number of H-pyrrole nitrogens is 1. The number of aromatic hydroxyl groups is 1. The van der Waals surface area contributed by atoms with E-state index in [1.54, 1.807) is 13.0 Å². The summed E-state index contributed by atoms with van der Waals surface area (Å²) in [7, 11) is 0. The van der Waals surface area contributed by atoms with Gasteiger partial charge in [0, 0.05) is 12.1 Å². The third kappa shape index (κ3) is 3.12. The molecule has 0 fully saturated rings. The molecule has 8 nitrogen and oxygen atoms in total. The summed E-state index contributed by atoms with van der Waals surface area (Å²) in [6.45, 7) is 1.71. The Balaban J connectivity index is 1.80. The van der Waals surface area contributed by atoms with Crippen LogP contribution in [0.15, 0.2) is 25.7 Å². The number of pyridine rings is 1. The van der Waals surface area contributed by atoms with Gasteiger partial charge in [-0.1, -0.05) is 5.16 Å².